The monoisotopic (exact) mass is 434 g/mol. The zero-order chi connectivity index (χ0) is 21.0. The summed E-state index contributed by atoms with van der Waals surface area (Å²) in [7, 11) is -4.67. The van der Waals surface area contributed by atoms with Crippen LogP contribution in [0.25, 0.3) is 11.0 Å². The summed E-state index contributed by atoms with van der Waals surface area (Å²) in [5.41, 5.74) is 0.254. The van der Waals surface area contributed by atoms with Crippen LogP contribution >= 0.6 is 11.7 Å². The number of ketones is 1. The number of Topliss-reactive ketones (excluding diaryl/α,β-unsaturated/α-hetero) is 1. The average Bonchev–Trinajstić information content (AvgIpc) is 3.17. The predicted molar refractivity (Wildman–Crippen MR) is 103 cm³/mol. The number of fused-ring (bicyclic) bond motifs is 1. The number of carbonyl (C=O) groups is 2. The van der Waals surface area contributed by atoms with E-state index in [2.05, 4.69) is 19.0 Å². The lowest BCUT2D eigenvalue weighted by molar-refractivity contribution is -0.143. The van der Waals surface area contributed by atoms with E-state index >= 15 is 0 Å². The van der Waals surface area contributed by atoms with E-state index in [0.717, 1.165) is 17.8 Å². The lowest BCUT2D eigenvalue weighted by Crippen LogP contribution is -2.30. The number of benzene rings is 2. The number of nitrogens with zero attached hydrogens (tertiary/aromatic N) is 4. The molecule has 150 valence electrons. The van der Waals surface area contributed by atoms with Gasteiger partial charge < -0.3 is 4.74 Å². The summed E-state index contributed by atoms with van der Waals surface area (Å²) in [6, 6.07) is 8.71. The molecule has 1 atom stereocenters. The number of ether oxygens (including phenoxy) is 1. The highest BCUT2D eigenvalue weighted by Crippen LogP contribution is 2.32. The largest absolute Gasteiger partial charge is 0.464 e. The summed E-state index contributed by atoms with van der Waals surface area (Å²) >= 11 is 0.802. The summed E-state index contributed by atoms with van der Waals surface area (Å²) in [6.45, 7) is 1.58. The molecule has 12 heteroatoms. The molecule has 1 aromatic heterocycles. The molecule has 0 spiro atoms. The molecule has 0 aliphatic carbocycles. The lowest BCUT2D eigenvalue weighted by atomic mass is 10.1. The van der Waals surface area contributed by atoms with Crippen molar-refractivity contribution < 1.29 is 27.3 Å². The Morgan fingerprint density at radius 3 is 2.55 bits per heavy atom. The normalized spacial score (nSPS) is 12.9. The third-order valence-corrected chi connectivity index (χ3v) is 5.16. The van der Waals surface area contributed by atoms with Gasteiger partial charge in [-0.1, -0.05) is 30.3 Å². The Balaban J connectivity index is 2.09. The van der Waals surface area contributed by atoms with Crippen molar-refractivity contribution in [3.8, 4) is 0 Å². The second kappa shape index (κ2) is 8.51. The number of hydrogen-bond acceptors (Lipinski definition) is 10. The number of rotatable bonds is 7. The average molecular weight is 434 g/mol. The third-order valence-electron chi connectivity index (χ3n) is 3.73. The van der Waals surface area contributed by atoms with E-state index < -0.39 is 32.8 Å². The topological polar surface area (TPSA) is 148 Å². The minimum atomic E-state index is -4.67. The Morgan fingerprint density at radius 2 is 1.90 bits per heavy atom. The van der Waals surface area contributed by atoms with Crippen molar-refractivity contribution in [2.24, 2.45) is 10.2 Å². The Kier molecular flexibility index (Phi) is 6.06. The number of azo groups is 1. The highest BCUT2D eigenvalue weighted by atomic mass is 32.2. The Bertz CT molecular complexity index is 1190. The zero-order valence-corrected chi connectivity index (χ0v) is 16.6. The number of esters is 1. The van der Waals surface area contributed by atoms with Gasteiger partial charge in [0.25, 0.3) is 10.1 Å². The third kappa shape index (κ3) is 4.50. The van der Waals surface area contributed by atoms with Crippen molar-refractivity contribution in [3.05, 3.63) is 48.0 Å². The van der Waals surface area contributed by atoms with Crippen LogP contribution in [-0.4, -0.2) is 46.1 Å². The van der Waals surface area contributed by atoms with Crippen LogP contribution in [0, 0.1) is 0 Å². The smallest absolute Gasteiger partial charge is 0.341 e. The van der Waals surface area contributed by atoms with Gasteiger partial charge in [0, 0.05) is 5.56 Å². The van der Waals surface area contributed by atoms with Gasteiger partial charge in [0.05, 0.1) is 18.3 Å². The summed E-state index contributed by atoms with van der Waals surface area (Å²) < 4.78 is 45.7. The van der Waals surface area contributed by atoms with Crippen LogP contribution in [-0.2, 0) is 19.6 Å². The molecule has 0 fully saturated rings. The van der Waals surface area contributed by atoms with Crippen molar-refractivity contribution in [1.29, 1.82) is 0 Å². The predicted octanol–water partition coefficient (Wildman–Crippen LogP) is 2.84. The van der Waals surface area contributed by atoms with Crippen molar-refractivity contribution in [2.75, 3.05) is 6.61 Å². The fourth-order valence-corrected chi connectivity index (χ4v) is 3.59. The molecule has 0 radical (unpaired) electrons. The maximum atomic E-state index is 12.7. The molecule has 0 saturated carbocycles. The molecule has 0 saturated heterocycles. The molecule has 1 heterocycles. The minimum Gasteiger partial charge on any atom is -0.464 e. The van der Waals surface area contributed by atoms with E-state index in [1.165, 1.54) is 18.2 Å². The molecule has 0 bridgehead atoms. The molecule has 3 aromatic rings. The van der Waals surface area contributed by atoms with Gasteiger partial charge in [-0.2, -0.15) is 27.4 Å². The first kappa shape index (κ1) is 20.6. The fourth-order valence-electron chi connectivity index (χ4n) is 2.43. The molecule has 10 nitrogen and oxygen atoms in total. The first-order chi connectivity index (χ1) is 13.8. The summed E-state index contributed by atoms with van der Waals surface area (Å²) in [5.74, 6) is -1.62. The highest BCUT2D eigenvalue weighted by molar-refractivity contribution is 7.86. The Hall–Kier alpha value is -3.09. The van der Waals surface area contributed by atoms with Crippen LogP contribution in [0.2, 0.25) is 0 Å². The first-order valence-corrected chi connectivity index (χ1v) is 10.4. The standard InChI is InChI=1S/C17H14N4O6S2/c1-2-27-17(23)15(16(22)10-6-4-3-5-7-10)19-18-14-12(29(24,25)26)9-8-11-13(14)21-28-20-11/h3-9,15H,2H2,1H3,(H,24,25,26)/b19-18+. The fraction of sp³-hybridized carbons (Fsp3) is 0.176. The van der Waals surface area contributed by atoms with E-state index in [9.17, 15) is 22.6 Å². The second-order valence-electron chi connectivity index (χ2n) is 5.62. The van der Waals surface area contributed by atoms with Crippen molar-refractivity contribution >= 4 is 50.3 Å². The minimum absolute atomic E-state index is 0.00871. The van der Waals surface area contributed by atoms with E-state index in [1.54, 1.807) is 25.1 Å². The van der Waals surface area contributed by atoms with E-state index in [1.807, 2.05) is 0 Å². The summed E-state index contributed by atoms with van der Waals surface area (Å²) in [6.07, 6.45) is 0. The number of carbonyl (C=O) groups excluding carboxylic acids is 2. The number of aromatic nitrogens is 2. The highest BCUT2D eigenvalue weighted by Gasteiger charge is 2.30. The molecule has 1 N–H and O–H groups in total. The SMILES string of the molecule is CCOC(=O)C(/N=N/c1c(S(=O)(=O)O)ccc2nsnc12)C(=O)c1ccccc1. The van der Waals surface area contributed by atoms with E-state index in [0.29, 0.717) is 5.52 Å². The van der Waals surface area contributed by atoms with Gasteiger partial charge in [0.15, 0.2) is 0 Å². The molecular weight excluding hydrogens is 420 g/mol. The quantitative estimate of drug-likeness (QED) is 0.196. The molecular formula is C17H14N4O6S2. The van der Waals surface area contributed by atoms with E-state index in [4.69, 9.17) is 4.74 Å². The van der Waals surface area contributed by atoms with Gasteiger partial charge >= 0.3 is 5.97 Å². The molecule has 1 unspecified atom stereocenters. The van der Waals surface area contributed by atoms with Crippen LogP contribution < -0.4 is 0 Å². The van der Waals surface area contributed by atoms with Crippen LogP contribution in [0.4, 0.5) is 5.69 Å². The van der Waals surface area contributed by atoms with E-state index in [-0.39, 0.29) is 23.4 Å². The molecule has 3 rings (SSSR count). The maximum Gasteiger partial charge on any atom is 0.341 e. The zero-order valence-electron chi connectivity index (χ0n) is 14.9. The molecule has 2 aromatic carbocycles. The van der Waals surface area contributed by atoms with Gasteiger partial charge in [0.2, 0.25) is 11.8 Å². The van der Waals surface area contributed by atoms with Gasteiger partial charge in [-0.3, -0.25) is 9.35 Å². The van der Waals surface area contributed by atoms with Crippen LogP contribution in [0.3, 0.4) is 0 Å². The molecule has 29 heavy (non-hydrogen) atoms. The maximum absolute atomic E-state index is 12.7. The van der Waals surface area contributed by atoms with Gasteiger partial charge in [-0.25, -0.2) is 4.79 Å². The second-order valence-corrected chi connectivity index (χ2v) is 7.54. The number of hydrogen-bond donors (Lipinski definition) is 1. The van der Waals surface area contributed by atoms with Crippen LogP contribution in [0.5, 0.6) is 0 Å². The summed E-state index contributed by atoms with van der Waals surface area (Å²) in [4.78, 5) is 24.4. The lowest BCUT2D eigenvalue weighted by Gasteiger charge is -2.10. The van der Waals surface area contributed by atoms with Gasteiger partial charge in [-0.15, -0.1) is 0 Å². The Labute approximate surface area is 169 Å². The molecule has 0 aliphatic heterocycles. The molecule has 0 aliphatic rings. The van der Waals surface area contributed by atoms with Crippen LogP contribution in [0.1, 0.15) is 17.3 Å². The van der Waals surface area contributed by atoms with Crippen molar-refractivity contribution in [1.82, 2.24) is 8.75 Å². The molecule has 0 amide bonds. The first-order valence-electron chi connectivity index (χ1n) is 8.22. The Morgan fingerprint density at radius 1 is 1.17 bits per heavy atom. The van der Waals surface area contributed by atoms with Crippen molar-refractivity contribution in [3.63, 3.8) is 0 Å². The van der Waals surface area contributed by atoms with Gasteiger partial charge in [-0.05, 0) is 19.1 Å². The van der Waals surface area contributed by atoms with Crippen LogP contribution in [0.15, 0.2) is 57.6 Å². The summed E-state index contributed by atoms with van der Waals surface area (Å²) in [5, 5.41) is 7.55. The van der Waals surface area contributed by atoms with Crippen molar-refractivity contribution in [2.45, 2.75) is 17.9 Å². The van der Waals surface area contributed by atoms with Gasteiger partial charge in [0.1, 0.15) is 21.6 Å².